The molecule has 0 amide bonds. The topological polar surface area (TPSA) is 65.6 Å². The van der Waals surface area contributed by atoms with Crippen LogP contribution in [0.25, 0.3) is 5.70 Å². The lowest BCUT2D eigenvalue weighted by atomic mass is 9.83. The molecule has 1 heterocycles. The number of H-pyrrole nitrogens is 1. The Kier molecular flexibility index (Phi) is 4.39. The first-order chi connectivity index (χ1) is 9.15. The average Bonchev–Trinajstić information content (AvgIpc) is 2.39. The highest BCUT2D eigenvalue weighted by Gasteiger charge is 2.19. The molecule has 0 saturated carbocycles. The number of aromatic nitrogens is 1. The number of aromatic amines is 1. The van der Waals surface area contributed by atoms with E-state index in [-0.39, 0.29) is 0 Å². The highest BCUT2D eigenvalue weighted by Crippen LogP contribution is 2.29. The van der Waals surface area contributed by atoms with Crippen LogP contribution in [0.1, 0.15) is 43.0 Å². The van der Waals surface area contributed by atoms with E-state index in [1.54, 1.807) is 0 Å². The van der Waals surface area contributed by atoms with E-state index in [2.05, 4.69) is 18.0 Å². The third kappa shape index (κ3) is 3.05. The molecule has 19 heavy (non-hydrogen) atoms. The third-order valence-corrected chi connectivity index (χ3v) is 4.08. The Hall–Kier alpha value is -1.60. The van der Waals surface area contributed by atoms with Crippen LogP contribution in [0.5, 0.6) is 0 Å². The minimum Gasteiger partial charge on any atom is -0.398 e. The number of allylic oxidation sites excluding steroid dienone is 1. The Morgan fingerprint density at radius 3 is 3.16 bits per heavy atom. The van der Waals surface area contributed by atoms with E-state index in [0.717, 1.165) is 24.3 Å². The Balaban J connectivity index is 2.37. The summed E-state index contributed by atoms with van der Waals surface area (Å²) in [4.78, 5) is 3.28. The fraction of sp³-hybridized carbons (Fsp3) is 0.467. The van der Waals surface area contributed by atoms with Crippen LogP contribution in [0.2, 0.25) is 0 Å². The monoisotopic (exact) mass is 273 g/mol. The minimum absolute atomic E-state index is 0.448. The number of nitrogens with zero attached hydrogens (tertiary/aromatic N) is 1. The van der Waals surface area contributed by atoms with Crippen LogP contribution in [-0.2, 0) is 12.8 Å². The number of fused-ring (bicyclic) bond motifs is 1. The van der Waals surface area contributed by atoms with Gasteiger partial charge in [0.25, 0.3) is 0 Å². The van der Waals surface area contributed by atoms with Crippen molar-refractivity contribution in [2.24, 2.45) is 11.7 Å². The highest BCUT2D eigenvalue weighted by molar-refractivity contribution is 7.71. The molecule has 1 aromatic heterocycles. The van der Waals surface area contributed by atoms with Crippen LogP contribution in [0.4, 0.5) is 0 Å². The van der Waals surface area contributed by atoms with Gasteiger partial charge in [0.1, 0.15) is 4.64 Å². The predicted octanol–water partition coefficient (Wildman–Crippen LogP) is 3.47. The van der Waals surface area contributed by atoms with E-state index in [1.807, 2.05) is 6.07 Å². The van der Waals surface area contributed by atoms with E-state index in [1.165, 1.54) is 36.6 Å². The third-order valence-electron chi connectivity index (χ3n) is 3.75. The molecular formula is C15H19N3S. The van der Waals surface area contributed by atoms with Crippen LogP contribution in [0.15, 0.2) is 12.1 Å². The Labute approximate surface area is 119 Å². The molecule has 0 fully saturated rings. The van der Waals surface area contributed by atoms with Gasteiger partial charge in [-0.15, -0.1) is 0 Å². The van der Waals surface area contributed by atoms with Crippen LogP contribution >= 0.6 is 12.2 Å². The molecule has 0 aliphatic heterocycles. The summed E-state index contributed by atoms with van der Waals surface area (Å²) in [5.74, 6) is 0.760. The van der Waals surface area contributed by atoms with Crippen molar-refractivity contribution >= 4 is 17.9 Å². The van der Waals surface area contributed by atoms with Gasteiger partial charge >= 0.3 is 0 Å². The molecule has 2 rings (SSSR count). The zero-order valence-corrected chi connectivity index (χ0v) is 12.0. The Morgan fingerprint density at radius 1 is 1.68 bits per heavy atom. The summed E-state index contributed by atoms with van der Waals surface area (Å²) in [6, 6.07) is 4.02. The highest BCUT2D eigenvalue weighted by atomic mass is 32.1. The number of pyridine rings is 1. The number of rotatable bonds is 3. The van der Waals surface area contributed by atoms with Crippen molar-refractivity contribution in [3.63, 3.8) is 0 Å². The second-order valence-corrected chi connectivity index (χ2v) is 5.55. The number of hydrogen-bond acceptors (Lipinski definition) is 3. The SMILES string of the molecule is CCCC1CCc2[nH]c(=S)c(/C(N)=C/C#N)cc2C1. The molecule has 1 unspecified atom stereocenters. The van der Waals surface area contributed by atoms with Gasteiger partial charge < -0.3 is 10.7 Å². The number of nitrogens with two attached hydrogens (primary N) is 1. The zero-order chi connectivity index (χ0) is 13.8. The van der Waals surface area contributed by atoms with Gasteiger partial charge in [0, 0.05) is 17.3 Å². The Bertz CT molecular complexity index is 592. The van der Waals surface area contributed by atoms with Gasteiger partial charge in [-0.25, -0.2) is 0 Å². The summed E-state index contributed by atoms with van der Waals surface area (Å²) >= 11 is 5.32. The molecule has 4 heteroatoms. The van der Waals surface area contributed by atoms with Crippen LogP contribution in [0.3, 0.4) is 0 Å². The second kappa shape index (κ2) is 6.03. The van der Waals surface area contributed by atoms with E-state index < -0.39 is 0 Å². The summed E-state index contributed by atoms with van der Waals surface area (Å²) in [6.45, 7) is 2.23. The maximum atomic E-state index is 8.69. The molecule has 0 saturated heterocycles. The number of nitriles is 1. The lowest BCUT2D eigenvalue weighted by molar-refractivity contribution is 0.418. The summed E-state index contributed by atoms with van der Waals surface area (Å²) < 4.78 is 0.636. The molecule has 1 atom stereocenters. The van der Waals surface area contributed by atoms with Crippen molar-refractivity contribution in [3.8, 4) is 6.07 Å². The van der Waals surface area contributed by atoms with Gasteiger partial charge in [-0.1, -0.05) is 32.0 Å². The summed E-state index contributed by atoms with van der Waals surface area (Å²) in [7, 11) is 0. The predicted molar refractivity (Wildman–Crippen MR) is 79.8 cm³/mol. The molecular weight excluding hydrogens is 254 g/mol. The van der Waals surface area contributed by atoms with Crippen molar-refractivity contribution in [2.75, 3.05) is 0 Å². The summed E-state index contributed by atoms with van der Waals surface area (Å²) in [5.41, 5.74) is 9.67. The van der Waals surface area contributed by atoms with Crippen molar-refractivity contribution in [1.29, 1.82) is 5.26 Å². The zero-order valence-electron chi connectivity index (χ0n) is 11.2. The fourth-order valence-corrected chi connectivity index (χ4v) is 3.09. The maximum absolute atomic E-state index is 8.69. The first-order valence-corrected chi connectivity index (χ1v) is 7.17. The largest absolute Gasteiger partial charge is 0.398 e. The molecule has 0 spiro atoms. The van der Waals surface area contributed by atoms with Gasteiger partial charge in [0.15, 0.2) is 0 Å². The normalized spacial score (nSPS) is 18.7. The molecule has 1 aromatic rings. The van der Waals surface area contributed by atoms with E-state index in [0.29, 0.717) is 10.3 Å². The van der Waals surface area contributed by atoms with Gasteiger partial charge in [-0.05, 0) is 36.8 Å². The first-order valence-electron chi connectivity index (χ1n) is 6.76. The molecule has 1 aliphatic rings. The van der Waals surface area contributed by atoms with Crippen LogP contribution in [0, 0.1) is 21.9 Å². The molecule has 1 aliphatic carbocycles. The van der Waals surface area contributed by atoms with E-state index in [9.17, 15) is 0 Å². The Morgan fingerprint density at radius 2 is 2.47 bits per heavy atom. The first kappa shape index (κ1) is 13.8. The summed E-state index contributed by atoms with van der Waals surface area (Å²) in [5, 5.41) is 8.69. The second-order valence-electron chi connectivity index (χ2n) is 5.14. The van der Waals surface area contributed by atoms with Crippen molar-refractivity contribution in [2.45, 2.75) is 39.0 Å². The van der Waals surface area contributed by atoms with Gasteiger partial charge in [-0.2, -0.15) is 5.26 Å². The molecule has 3 N–H and O–H groups in total. The van der Waals surface area contributed by atoms with Crippen molar-refractivity contribution in [3.05, 3.63) is 33.6 Å². The molecule has 0 aromatic carbocycles. The quantitative estimate of drug-likeness (QED) is 0.654. The molecule has 0 radical (unpaired) electrons. The lowest BCUT2D eigenvalue weighted by Crippen LogP contribution is -2.16. The minimum atomic E-state index is 0.448. The number of aryl methyl sites for hydroxylation is 1. The van der Waals surface area contributed by atoms with Gasteiger partial charge in [-0.3, -0.25) is 0 Å². The van der Waals surface area contributed by atoms with Crippen molar-refractivity contribution in [1.82, 2.24) is 4.98 Å². The number of hydrogen-bond donors (Lipinski definition) is 2. The average molecular weight is 273 g/mol. The molecule has 3 nitrogen and oxygen atoms in total. The van der Waals surface area contributed by atoms with E-state index in [4.69, 9.17) is 23.2 Å². The fourth-order valence-electron chi connectivity index (χ4n) is 2.79. The van der Waals surface area contributed by atoms with Gasteiger partial charge in [0.2, 0.25) is 0 Å². The standard InChI is InChI=1S/C15H19N3S/c1-2-3-10-4-5-14-11(8-10)9-12(15(19)18-14)13(17)6-7-16/h6,9-10H,2-5,8,17H2,1H3,(H,18,19)/b13-6-. The maximum Gasteiger partial charge on any atom is 0.112 e. The van der Waals surface area contributed by atoms with Gasteiger partial charge in [0.05, 0.1) is 11.8 Å². The number of nitrogens with one attached hydrogen (secondary N) is 1. The molecule has 100 valence electrons. The molecule has 0 bridgehead atoms. The van der Waals surface area contributed by atoms with Crippen molar-refractivity contribution < 1.29 is 0 Å². The lowest BCUT2D eigenvalue weighted by Gasteiger charge is -2.24. The van der Waals surface area contributed by atoms with Crippen LogP contribution in [-0.4, -0.2) is 4.98 Å². The summed E-state index contributed by atoms with van der Waals surface area (Å²) in [6.07, 6.45) is 7.22. The van der Waals surface area contributed by atoms with E-state index >= 15 is 0 Å². The van der Waals surface area contributed by atoms with Crippen LogP contribution < -0.4 is 5.73 Å². The smallest absolute Gasteiger partial charge is 0.112 e.